The van der Waals surface area contributed by atoms with E-state index in [0.717, 1.165) is 5.25 Å². The van der Waals surface area contributed by atoms with Gasteiger partial charge in [0.25, 0.3) is 0 Å². The van der Waals surface area contributed by atoms with E-state index in [1.54, 1.807) is 0 Å². The molecular weight excluding hydrogens is 224 g/mol. The van der Waals surface area contributed by atoms with Gasteiger partial charge in [0.05, 0.1) is 0 Å². The summed E-state index contributed by atoms with van der Waals surface area (Å²) in [6.45, 7) is 2.34. The predicted molar refractivity (Wildman–Crippen MR) is 81.9 cm³/mol. The summed E-state index contributed by atoms with van der Waals surface area (Å²) in [5, 5.41) is 0.975. The summed E-state index contributed by atoms with van der Waals surface area (Å²) in [5.74, 6) is 1.42. The van der Waals surface area contributed by atoms with Crippen molar-refractivity contribution >= 4 is 11.8 Å². The van der Waals surface area contributed by atoms with E-state index in [9.17, 15) is 0 Å². The average Bonchev–Trinajstić information content (AvgIpc) is 2.34. The summed E-state index contributed by atoms with van der Waals surface area (Å²) in [7, 11) is 0. The quantitative estimate of drug-likeness (QED) is 0.567. The van der Waals surface area contributed by atoms with E-state index in [0.29, 0.717) is 0 Å². The fourth-order valence-corrected chi connectivity index (χ4v) is 4.21. The van der Waals surface area contributed by atoms with E-state index in [4.69, 9.17) is 0 Å². The number of rotatable bonds is 2. The lowest BCUT2D eigenvalue weighted by atomic mass is 10.0. The van der Waals surface area contributed by atoms with Gasteiger partial charge in [-0.25, -0.2) is 0 Å². The van der Waals surface area contributed by atoms with E-state index in [2.05, 4.69) is 18.7 Å². The van der Waals surface area contributed by atoms with E-state index in [1.165, 1.54) is 89.2 Å². The summed E-state index contributed by atoms with van der Waals surface area (Å²) in [6.07, 6.45) is 19.2. The van der Waals surface area contributed by atoms with Crippen LogP contribution in [-0.2, 0) is 0 Å². The lowest BCUT2D eigenvalue weighted by Gasteiger charge is -2.16. The Bertz CT molecular complexity index is 142. The highest BCUT2D eigenvalue weighted by molar-refractivity contribution is 7.99. The molecule has 0 radical (unpaired) electrons. The number of hydrogen-bond donors (Lipinski definition) is 0. The Hall–Kier alpha value is 0.350. The molecule has 0 aromatic rings. The van der Waals surface area contributed by atoms with Gasteiger partial charge in [0.1, 0.15) is 0 Å². The molecule has 1 unspecified atom stereocenters. The van der Waals surface area contributed by atoms with Crippen molar-refractivity contribution < 1.29 is 0 Å². The molecule has 0 aromatic carbocycles. The van der Waals surface area contributed by atoms with Gasteiger partial charge in [0.15, 0.2) is 0 Å². The molecule has 0 aromatic heterocycles. The molecule has 1 fully saturated rings. The highest BCUT2D eigenvalue weighted by Gasteiger charge is 2.08. The van der Waals surface area contributed by atoms with Crippen molar-refractivity contribution in [3.05, 3.63) is 0 Å². The normalized spacial score (nSPS) is 26.3. The molecule has 0 spiro atoms. The summed E-state index contributed by atoms with van der Waals surface area (Å²) in [4.78, 5) is 0. The second-order valence-electron chi connectivity index (χ2n) is 5.61. The summed E-state index contributed by atoms with van der Waals surface area (Å²) in [6, 6.07) is 0. The highest BCUT2D eigenvalue weighted by Crippen LogP contribution is 2.25. The van der Waals surface area contributed by atoms with Gasteiger partial charge >= 0.3 is 0 Å². The van der Waals surface area contributed by atoms with Gasteiger partial charge in [-0.2, -0.15) is 11.8 Å². The van der Waals surface area contributed by atoms with Crippen molar-refractivity contribution in [1.82, 2.24) is 0 Å². The highest BCUT2D eigenvalue weighted by atomic mass is 32.2. The molecule has 1 rings (SSSR count). The Morgan fingerprint density at radius 3 is 1.88 bits per heavy atom. The minimum Gasteiger partial charge on any atom is -0.159 e. The lowest BCUT2D eigenvalue weighted by Crippen LogP contribution is -2.04. The van der Waals surface area contributed by atoms with Crippen molar-refractivity contribution in [3.63, 3.8) is 0 Å². The fourth-order valence-electron chi connectivity index (χ4n) is 2.77. The molecule has 1 atom stereocenters. The zero-order valence-electron chi connectivity index (χ0n) is 11.9. The largest absolute Gasteiger partial charge is 0.159 e. The minimum absolute atomic E-state index is 0.975. The topological polar surface area (TPSA) is 0 Å². The fraction of sp³-hybridized carbons (Fsp3) is 1.00. The molecule has 0 N–H and O–H groups in total. The molecule has 1 saturated heterocycles. The molecule has 0 bridgehead atoms. The summed E-state index contributed by atoms with van der Waals surface area (Å²) < 4.78 is 0. The predicted octanol–water partition coefficient (Wildman–Crippen LogP) is 6.19. The zero-order chi connectivity index (χ0) is 12.2. The van der Waals surface area contributed by atoms with Crippen LogP contribution in [0.25, 0.3) is 0 Å². The molecule has 0 amide bonds. The zero-order valence-corrected chi connectivity index (χ0v) is 12.7. The molecule has 1 aliphatic rings. The first-order valence-electron chi connectivity index (χ1n) is 8.05. The molecule has 102 valence electrons. The molecule has 1 heteroatoms. The monoisotopic (exact) mass is 256 g/mol. The van der Waals surface area contributed by atoms with Crippen LogP contribution < -0.4 is 0 Å². The van der Waals surface area contributed by atoms with Crippen LogP contribution in [0.5, 0.6) is 0 Å². The Kier molecular flexibility index (Phi) is 10.4. The van der Waals surface area contributed by atoms with E-state index < -0.39 is 0 Å². The second kappa shape index (κ2) is 11.4. The van der Waals surface area contributed by atoms with Gasteiger partial charge in [-0.3, -0.25) is 0 Å². The standard InChI is InChI=1S/C16H32S/c1-2-13-16-14-11-9-7-5-3-4-6-8-10-12-15-17-16/h16H,2-15H2,1H3. The van der Waals surface area contributed by atoms with Gasteiger partial charge in [-0.15, -0.1) is 0 Å². The van der Waals surface area contributed by atoms with Crippen molar-refractivity contribution in [2.45, 2.75) is 95.6 Å². The van der Waals surface area contributed by atoms with Crippen LogP contribution in [-0.4, -0.2) is 11.0 Å². The van der Waals surface area contributed by atoms with Crippen LogP contribution in [0.3, 0.4) is 0 Å². The van der Waals surface area contributed by atoms with Crippen LogP contribution in [0.2, 0.25) is 0 Å². The van der Waals surface area contributed by atoms with E-state index in [1.807, 2.05) is 0 Å². The lowest BCUT2D eigenvalue weighted by molar-refractivity contribution is 0.538. The summed E-state index contributed by atoms with van der Waals surface area (Å²) in [5.41, 5.74) is 0. The molecule has 17 heavy (non-hydrogen) atoms. The summed E-state index contributed by atoms with van der Waals surface area (Å²) >= 11 is 2.27. The van der Waals surface area contributed by atoms with Crippen LogP contribution in [0.4, 0.5) is 0 Å². The van der Waals surface area contributed by atoms with Crippen LogP contribution in [0, 0.1) is 0 Å². The van der Waals surface area contributed by atoms with E-state index >= 15 is 0 Å². The average molecular weight is 256 g/mol. The Labute approximate surface area is 113 Å². The third-order valence-electron chi connectivity index (χ3n) is 3.88. The molecule has 0 aliphatic carbocycles. The smallest absolute Gasteiger partial charge is 0.00469 e. The Morgan fingerprint density at radius 2 is 1.29 bits per heavy atom. The molecular formula is C16H32S. The maximum absolute atomic E-state index is 2.34. The van der Waals surface area contributed by atoms with Crippen molar-refractivity contribution in [3.8, 4) is 0 Å². The van der Waals surface area contributed by atoms with Crippen LogP contribution in [0.1, 0.15) is 90.4 Å². The number of hydrogen-bond acceptors (Lipinski definition) is 1. The van der Waals surface area contributed by atoms with Crippen molar-refractivity contribution in [2.24, 2.45) is 0 Å². The van der Waals surface area contributed by atoms with Gasteiger partial charge in [0.2, 0.25) is 0 Å². The van der Waals surface area contributed by atoms with Crippen molar-refractivity contribution in [1.29, 1.82) is 0 Å². The molecule has 0 nitrogen and oxygen atoms in total. The Balaban J connectivity index is 2.19. The minimum atomic E-state index is 0.975. The first-order chi connectivity index (χ1) is 8.43. The van der Waals surface area contributed by atoms with Crippen LogP contribution >= 0.6 is 11.8 Å². The van der Waals surface area contributed by atoms with Gasteiger partial charge in [-0.1, -0.05) is 71.1 Å². The number of thioether (sulfide) groups is 1. The van der Waals surface area contributed by atoms with Crippen LogP contribution in [0.15, 0.2) is 0 Å². The third-order valence-corrected chi connectivity index (χ3v) is 5.35. The first-order valence-corrected chi connectivity index (χ1v) is 9.10. The van der Waals surface area contributed by atoms with Gasteiger partial charge in [-0.05, 0) is 25.0 Å². The maximum atomic E-state index is 2.34. The molecule has 1 aliphatic heterocycles. The van der Waals surface area contributed by atoms with Gasteiger partial charge in [0, 0.05) is 5.25 Å². The maximum Gasteiger partial charge on any atom is 0.00469 e. The van der Waals surface area contributed by atoms with Gasteiger partial charge < -0.3 is 0 Å². The third kappa shape index (κ3) is 8.99. The second-order valence-corrected chi connectivity index (χ2v) is 7.01. The van der Waals surface area contributed by atoms with E-state index in [-0.39, 0.29) is 0 Å². The Morgan fingerprint density at radius 1 is 0.765 bits per heavy atom. The van der Waals surface area contributed by atoms with Crippen molar-refractivity contribution in [2.75, 3.05) is 5.75 Å². The molecule has 1 heterocycles. The first kappa shape index (κ1) is 15.4. The molecule has 0 saturated carbocycles. The SMILES string of the molecule is CCCC1CCCCCCCCCCCCS1.